The predicted molar refractivity (Wildman–Crippen MR) is 91.2 cm³/mol. The van der Waals surface area contributed by atoms with E-state index < -0.39 is 5.97 Å². The first-order valence-electron chi connectivity index (χ1n) is 7.68. The molecule has 0 radical (unpaired) electrons. The van der Waals surface area contributed by atoms with Crippen LogP contribution in [0, 0.1) is 5.92 Å². The Morgan fingerprint density at radius 1 is 1.26 bits per heavy atom. The maximum Gasteiger partial charge on any atom is 0.339 e. The van der Waals surface area contributed by atoms with E-state index in [-0.39, 0.29) is 5.91 Å². The molecule has 0 saturated heterocycles. The summed E-state index contributed by atoms with van der Waals surface area (Å²) in [5, 5.41) is 4.79. The van der Waals surface area contributed by atoms with Gasteiger partial charge in [0.05, 0.1) is 23.9 Å². The molecule has 0 bridgehead atoms. The molecule has 1 N–H and O–H groups in total. The number of amides is 1. The second-order valence-corrected chi connectivity index (χ2v) is 6.85. The number of nitrogens with one attached hydrogen (secondary N) is 1. The van der Waals surface area contributed by atoms with Gasteiger partial charge in [-0.1, -0.05) is 19.1 Å². The molecule has 3 rings (SSSR count). The fourth-order valence-corrected chi connectivity index (χ4v) is 4.18. The third-order valence-electron chi connectivity index (χ3n) is 4.23. The number of ether oxygens (including phenoxy) is 1. The molecule has 5 heteroatoms. The van der Waals surface area contributed by atoms with Crippen LogP contribution in [0.1, 0.15) is 44.5 Å². The number of carbonyl (C=O) groups excluding carboxylic acids is 2. The van der Waals surface area contributed by atoms with Gasteiger partial charge in [-0.05, 0) is 42.9 Å². The van der Waals surface area contributed by atoms with Gasteiger partial charge in [-0.3, -0.25) is 4.79 Å². The second-order valence-electron chi connectivity index (χ2n) is 5.89. The minimum absolute atomic E-state index is 0.159. The van der Waals surface area contributed by atoms with Crippen LogP contribution in [0.5, 0.6) is 0 Å². The van der Waals surface area contributed by atoms with Crippen LogP contribution in [0.4, 0.5) is 5.69 Å². The van der Waals surface area contributed by atoms with Crippen molar-refractivity contribution < 1.29 is 14.3 Å². The zero-order valence-electron chi connectivity index (χ0n) is 13.2. The number of esters is 1. The number of methoxy groups -OCH3 is 1. The summed E-state index contributed by atoms with van der Waals surface area (Å²) in [4.78, 5) is 25.7. The highest BCUT2D eigenvalue weighted by atomic mass is 32.1. The zero-order chi connectivity index (χ0) is 16.4. The van der Waals surface area contributed by atoms with Gasteiger partial charge in [0.2, 0.25) is 0 Å². The van der Waals surface area contributed by atoms with Crippen molar-refractivity contribution >= 4 is 28.9 Å². The standard InChI is InChI=1S/C18H19NO3S/c1-11-7-8-12-14(10-23-16(12)9-11)17(20)19-15-6-4-3-5-13(15)18(21)22-2/h3-6,10-11H,7-9H2,1-2H3,(H,19,20). The number of hydrogen-bond acceptors (Lipinski definition) is 4. The maximum atomic E-state index is 12.6. The van der Waals surface area contributed by atoms with E-state index in [0.717, 1.165) is 24.8 Å². The summed E-state index contributed by atoms with van der Waals surface area (Å²) >= 11 is 1.66. The minimum Gasteiger partial charge on any atom is -0.465 e. The molecule has 1 aliphatic rings. The number of hydrogen-bond donors (Lipinski definition) is 1. The summed E-state index contributed by atoms with van der Waals surface area (Å²) in [6.07, 6.45) is 3.11. The Balaban J connectivity index is 1.85. The van der Waals surface area contributed by atoms with Gasteiger partial charge < -0.3 is 10.1 Å². The quantitative estimate of drug-likeness (QED) is 0.869. The molecule has 120 valence electrons. The lowest BCUT2D eigenvalue weighted by atomic mass is 9.88. The number of rotatable bonds is 3. The fraction of sp³-hybridized carbons (Fsp3) is 0.333. The predicted octanol–water partition coefficient (Wildman–Crippen LogP) is 3.91. The van der Waals surface area contributed by atoms with Crippen molar-refractivity contribution in [2.75, 3.05) is 12.4 Å². The zero-order valence-corrected chi connectivity index (χ0v) is 14.0. The van der Waals surface area contributed by atoms with Gasteiger partial charge in [0.25, 0.3) is 5.91 Å². The second kappa shape index (κ2) is 6.54. The Hall–Kier alpha value is -2.14. The Morgan fingerprint density at radius 3 is 2.83 bits per heavy atom. The summed E-state index contributed by atoms with van der Waals surface area (Å²) in [5.74, 6) is 0.0626. The summed E-state index contributed by atoms with van der Waals surface area (Å²) in [6.45, 7) is 2.25. The molecule has 2 aromatic rings. The van der Waals surface area contributed by atoms with Gasteiger partial charge in [-0.15, -0.1) is 11.3 Å². The normalized spacial score (nSPS) is 16.5. The van der Waals surface area contributed by atoms with Crippen molar-refractivity contribution in [2.24, 2.45) is 5.92 Å². The smallest absolute Gasteiger partial charge is 0.339 e. The highest BCUT2D eigenvalue weighted by molar-refractivity contribution is 7.10. The van der Waals surface area contributed by atoms with Crippen LogP contribution in [-0.2, 0) is 17.6 Å². The first-order chi connectivity index (χ1) is 11.1. The molecule has 0 aliphatic heterocycles. The van der Waals surface area contributed by atoms with Crippen LogP contribution in [0.15, 0.2) is 29.6 Å². The fourth-order valence-electron chi connectivity index (χ4n) is 2.94. The van der Waals surface area contributed by atoms with Crippen molar-refractivity contribution in [2.45, 2.75) is 26.2 Å². The van der Waals surface area contributed by atoms with E-state index in [1.165, 1.54) is 17.6 Å². The molecular weight excluding hydrogens is 310 g/mol. The molecule has 1 unspecified atom stereocenters. The van der Waals surface area contributed by atoms with Crippen LogP contribution in [-0.4, -0.2) is 19.0 Å². The SMILES string of the molecule is COC(=O)c1ccccc1NC(=O)c1csc2c1CCC(C)C2. The van der Waals surface area contributed by atoms with Crippen molar-refractivity contribution in [3.8, 4) is 0 Å². The molecule has 4 nitrogen and oxygen atoms in total. The van der Waals surface area contributed by atoms with Crippen LogP contribution in [0.2, 0.25) is 0 Å². The average molecular weight is 329 g/mol. The maximum absolute atomic E-state index is 12.6. The van der Waals surface area contributed by atoms with Gasteiger partial charge in [0.1, 0.15) is 0 Å². The van der Waals surface area contributed by atoms with Crippen LogP contribution in [0.25, 0.3) is 0 Å². The van der Waals surface area contributed by atoms with Crippen molar-refractivity contribution in [3.63, 3.8) is 0 Å². The van der Waals surface area contributed by atoms with E-state index in [1.54, 1.807) is 35.6 Å². The lowest BCUT2D eigenvalue weighted by molar-refractivity contribution is 0.0602. The lowest BCUT2D eigenvalue weighted by Crippen LogP contribution is -2.18. The molecular formula is C18H19NO3S. The Labute approximate surface area is 139 Å². The summed E-state index contributed by atoms with van der Waals surface area (Å²) in [6, 6.07) is 6.89. The Kier molecular flexibility index (Phi) is 4.48. The van der Waals surface area contributed by atoms with E-state index >= 15 is 0 Å². The summed E-state index contributed by atoms with van der Waals surface area (Å²) in [5.41, 5.74) is 2.74. The molecule has 1 atom stereocenters. The van der Waals surface area contributed by atoms with Gasteiger partial charge in [-0.25, -0.2) is 4.79 Å². The first-order valence-corrected chi connectivity index (χ1v) is 8.56. The molecule has 0 spiro atoms. The molecule has 23 heavy (non-hydrogen) atoms. The van der Waals surface area contributed by atoms with E-state index in [2.05, 4.69) is 12.2 Å². The Bertz CT molecular complexity index is 750. The highest BCUT2D eigenvalue weighted by Crippen LogP contribution is 2.33. The third kappa shape index (κ3) is 3.15. The van der Waals surface area contributed by atoms with Gasteiger partial charge in [-0.2, -0.15) is 0 Å². The van der Waals surface area contributed by atoms with Crippen molar-refractivity contribution in [1.29, 1.82) is 0 Å². The Morgan fingerprint density at radius 2 is 2.04 bits per heavy atom. The van der Waals surface area contributed by atoms with E-state index in [1.807, 2.05) is 5.38 Å². The topological polar surface area (TPSA) is 55.4 Å². The number of fused-ring (bicyclic) bond motifs is 1. The molecule has 1 aromatic carbocycles. The molecule has 0 fully saturated rings. The molecule has 1 aromatic heterocycles. The van der Waals surface area contributed by atoms with Crippen LogP contribution in [0.3, 0.4) is 0 Å². The number of anilines is 1. The van der Waals surface area contributed by atoms with Crippen molar-refractivity contribution in [1.82, 2.24) is 0 Å². The van der Waals surface area contributed by atoms with E-state index in [9.17, 15) is 9.59 Å². The lowest BCUT2D eigenvalue weighted by Gasteiger charge is -2.19. The molecule has 1 heterocycles. The summed E-state index contributed by atoms with van der Waals surface area (Å²) < 4.78 is 4.76. The van der Waals surface area contributed by atoms with Gasteiger partial charge >= 0.3 is 5.97 Å². The molecule has 1 amide bonds. The molecule has 0 saturated carbocycles. The van der Waals surface area contributed by atoms with E-state index in [0.29, 0.717) is 17.2 Å². The number of carbonyl (C=O) groups is 2. The largest absolute Gasteiger partial charge is 0.465 e. The monoisotopic (exact) mass is 329 g/mol. The molecule has 1 aliphatic carbocycles. The first kappa shape index (κ1) is 15.7. The van der Waals surface area contributed by atoms with Crippen molar-refractivity contribution in [3.05, 3.63) is 51.2 Å². The number of thiophene rings is 1. The number of benzene rings is 1. The highest BCUT2D eigenvalue weighted by Gasteiger charge is 2.24. The third-order valence-corrected chi connectivity index (χ3v) is 5.28. The minimum atomic E-state index is -0.456. The van der Waals surface area contributed by atoms with E-state index in [4.69, 9.17) is 4.74 Å². The van der Waals surface area contributed by atoms with Crippen LogP contribution >= 0.6 is 11.3 Å². The average Bonchev–Trinajstić information content (AvgIpc) is 2.97. The van der Waals surface area contributed by atoms with Crippen LogP contribution < -0.4 is 5.32 Å². The van der Waals surface area contributed by atoms with Gasteiger partial charge in [0, 0.05) is 10.3 Å². The number of para-hydroxylation sites is 1. The van der Waals surface area contributed by atoms with Gasteiger partial charge in [0.15, 0.2) is 0 Å². The summed E-state index contributed by atoms with van der Waals surface area (Å²) in [7, 11) is 1.33.